The topological polar surface area (TPSA) is 170 Å². The van der Waals surface area contributed by atoms with Crippen molar-refractivity contribution in [1.82, 2.24) is 0 Å². The molecule has 10 heteroatoms. The van der Waals surface area contributed by atoms with Crippen molar-refractivity contribution >= 4 is 11.0 Å². The monoisotopic (exact) mass is 432 g/mol. The molecule has 6 N–H and O–H groups in total. The van der Waals surface area contributed by atoms with E-state index >= 15 is 0 Å². The molecule has 5 atom stereocenters. The number of hydrogen-bond donors (Lipinski definition) is 6. The molecule has 1 saturated heterocycles. The summed E-state index contributed by atoms with van der Waals surface area (Å²) in [6, 6.07) is 7.66. The minimum Gasteiger partial charge on any atom is -0.508 e. The van der Waals surface area contributed by atoms with E-state index in [0.29, 0.717) is 5.56 Å². The Morgan fingerprint density at radius 1 is 0.903 bits per heavy atom. The summed E-state index contributed by atoms with van der Waals surface area (Å²) in [5.74, 6) is -1.51. The molecule has 0 amide bonds. The lowest BCUT2D eigenvalue weighted by atomic mass is 10.00. The maximum atomic E-state index is 13.2. The van der Waals surface area contributed by atoms with Gasteiger partial charge in [0.2, 0.25) is 17.5 Å². The molecular formula is C21H20O10. The van der Waals surface area contributed by atoms with Gasteiger partial charge in [-0.25, -0.2) is 0 Å². The molecule has 10 nitrogen and oxygen atoms in total. The van der Waals surface area contributed by atoms with Crippen LogP contribution in [0, 0.1) is 0 Å². The summed E-state index contributed by atoms with van der Waals surface area (Å²) in [6.45, 7) is 1.45. The smallest absolute Gasteiger partial charge is 0.239 e. The highest BCUT2D eigenvalue weighted by Crippen LogP contribution is 2.37. The van der Waals surface area contributed by atoms with Gasteiger partial charge in [-0.3, -0.25) is 4.79 Å². The standard InChI is InChI=1S/C21H20O10/c1-8-15(25)17(27)18(28)21(29-8)31-20-16(26)14-12(24)6-11(23)7-13(14)30-19(20)9-2-4-10(22)5-3-9/h2-8,15,17-18,21-25,27-28H,1H3/t8-,15-,17-,18+,21?/m0/s1. The van der Waals surface area contributed by atoms with Crippen LogP contribution in [0.4, 0.5) is 0 Å². The van der Waals surface area contributed by atoms with E-state index in [1.807, 2.05) is 0 Å². The Kier molecular flexibility index (Phi) is 5.23. The summed E-state index contributed by atoms with van der Waals surface area (Å²) in [6.07, 6.45) is -7.11. The van der Waals surface area contributed by atoms with Gasteiger partial charge in [-0.15, -0.1) is 0 Å². The third-order valence-corrected chi connectivity index (χ3v) is 5.09. The summed E-state index contributed by atoms with van der Waals surface area (Å²) in [5.41, 5.74) is -0.661. The number of fused-ring (bicyclic) bond motifs is 1. The fourth-order valence-corrected chi connectivity index (χ4v) is 3.41. The highest BCUT2D eigenvalue weighted by Gasteiger charge is 2.44. The normalized spacial score (nSPS) is 26.1. The van der Waals surface area contributed by atoms with Crippen molar-refractivity contribution in [1.29, 1.82) is 0 Å². The second-order valence-corrected chi connectivity index (χ2v) is 7.27. The van der Waals surface area contributed by atoms with Crippen LogP contribution in [0.25, 0.3) is 22.3 Å². The quantitative estimate of drug-likeness (QED) is 0.348. The number of hydrogen-bond acceptors (Lipinski definition) is 10. The number of benzene rings is 2. The van der Waals surface area contributed by atoms with Gasteiger partial charge >= 0.3 is 0 Å². The van der Waals surface area contributed by atoms with Crippen LogP contribution >= 0.6 is 0 Å². The summed E-state index contributed by atoms with van der Waals surface area (Å²) in [4.78, 5) is 13.2. The number of aliphatic hydroxyl groups is 3. The third-order valence-electron chi connectivity index (χ3n) is 5.09. The molecule has 0 radical (unpaired) electrons. The molecule has 2 aromatic carbocycles. The predicted molar refractivity (Wildman–Crippen MR) is 106 cm³/mol. The molecule has 31 heavy (non-hydrogen) atoms. The number of phenolic OH excluding ortho intramolecular Hbond substituents is 3. The average Bonchev–Trinajstić information content (AvgIpc) is 2.72. The molecule has 3 aromatic rings. The third kappa shape index (κ3) is 3.66. The van der Waals surface area contributed by atoms with E-state index in [4.69, 9.17) is 13.9 Å². The fraction of sp³-hybridized carbons (Fsp3) is 0.286. The van der Waals surface area contributed by atoms with Crippen LogP contribution < -0.4 is 10.2 Å². The minimum atomic E-state index is -1.69. The van der Waals surface area contributed by atoms with Crippen LogP contribution in [0.5, 0.6) is 23.0 Å². The van der Waals surface area contributed by atoms with Crippen LogP contribution in [0.1, 0.15) is 6.92 Å². The van der Waals surface area contributed by atoms with Crippen molar-refractivity contribution in [3.8, 4) is 34.3 Å². The van der Waals surface area contributed by atoms with Gasteiger partial charge in [0, 0.05) is 17.7 Å². The molecule has 1 aromatic heterocycles. The van der Waals surface area contributed by atoms with E-state index in [1.165, 1.54) is 31.2 Å². The van der Waals surface area contributed by atoms with Crippen LogP contribution in [0.2, 0.25) is 0 Å². The summed E-state index contributed by atoms with van der Waals surface area (Å²) >= 11 is 0. The lowest BCUT2D eigenvalue weighted by molar-refractivity contribution is -0.268. The number of rotatable bonds is 3. The lowest BCUT2D eigenvalue weighted by Crippen LogP contribution is -2.58. The number of aliphatic hydroxyl groups excluding tert-OH is 3. The first-order valence-corrected chi connectivity index (χ1v) is 9.36. The van der Waals surface area contributed by atoms with Gasteiger partial charge in [0.1, 0.15) is 46.5 Å². The van der Waals surface area contributed by atoms with E-state index in [-0.39, 0.29) is 28.2 Å². The van der Waals surface area contributed by atoms with E-state index in [2.05, 4.69) is 0 Å². The Hall–Kier alpha value is -3.31. The first-order chi connectivity index (χ1) is 14.7. The average molecular weight is 432 g/mol. The number of phenols is 3. The zero-order valence-electron chi connectivity index (χ0n) is 16.2. The maximum Gasteiger partial charge on any atom is 0.239 e. The van der Waals surface area contributed by atoms with Crippen molar-refractivity contribution < 1.29 is 44.5 Å². The van der Waals surface area contributed by atoms with E-state index < -0.39 is 47.6 Å². The Morgan fingerprint density at radius 3 is 2.26 bits per heavy atom. The Balaban J connectivity index is 1.90. The van der Waals surface area contributed by atoms with Crippen LogP contribution in [-0.2, 0) is 4.74 Å². The molecule has 0 aliphatic carbocycles. The van der Waals surface area contributed by atoms with Crippen LogP contribution in [-0.4, -0.2) is 61.3 Å². The van der Waals surface area contributed by atoms with Crippen molar-refractivity contribution in [2.45, 2.75) is 37.6 Å². The zero-order valence-corrected chi connectivity index (χ0v) is 16.2. The van der Waals surface area contributed by atoms with Gasteiger partial charge in [-0.05, 0) is 31.2 Å². The molecule has 0 bridgehead atoms. The van der Waals surface area contributed by atoms with Gasteiger partial charge < -0.3 is 44.5 Å². The van der Waals surface area contributed by atoms with Crippen molar-refractivity contribution in [2.24, 2.45) is 0 Å². The summed E-state index contributed by atoms with van der Waals surface area (Å²) in [7, 11) is 0. The van der Waals surface area contributed by atoms with Gasteiger partial charge in [0.25, 0.3) is 0 Å². The SMILES string of the molecule is C[C@@H]1OC(Oc2c(-c3ccc(O)cc3)oc3cc(O)cc(O)c3c2=O)[C@H](O)[C@@H](O)[C@H]1O. The minimum absolute atomic E-state index is 0.0402. The van der Waals surface area contributed by atoms with Gasteiger partial charge in [-0.1, -0.05) is 0 Å². The van der Waals surface area contributed by atoms with Crippen LogP contribution in [0.3, 0.4) is 0 Å². The molecule has 1 aliphatic heterocycles. The van der Waals surface area contributed by atoms with Crippen molar-refractivity contribution in [3.05, 3.63) is 46.6 Å². The van der Waals surface area contributed by atoms with Crippen molar-refractivity contribution in [3.63, 3.8) is 0 Å². The number of ether oxygens (including phenoxy) is 2. The van der Waals surface area contributed by atoms with E-state index in [0.717, 1.165) is 12.1 Å². The fourth-order valence-electron chi connectivity index (χ4n) is 3.41. The molecule has 0 spiro atoms. The highest BCUT2D eigenvalue weighted by molar-refractivity contribution is 5.88. The number of aromatic hydroxyl groups is 3. The molecule has 1 unspecified atom stereocenters. The maximum absolute atomic E-state index is 13.2. The first kappa shape index (κ1) is 20.9. The Bertz CT molecular complexity index is 1170. The zero-order chi connectivity index (χ0) is 22.4. The van der Waals surface area contributed by atoms with Crippen molar-refractivity contribution in [2.75, 3.05) is 0 Å². The molecule has 1 aliphatic rings. The first-order valence-electron chi connectivity index (χ1n) is 9.36. The molecule has 2 heterocycles. The second-order valence-electron chi connectivity index (χ2n) is 7.27. The second kappa shape index (κ2) is 7.75. The molecular weight excluding hydrogens is 412 g/mol. The molecule has 1 fully saturated rings. The highest BCUT2D eigenvalue weighted by atomic mass is 16.7. The van der Waals surface area contributed by atoms with Gasteiger partial charge in [0.05, 0.1) is 6.10 Å². The summed E-state index contributed by atoms with van der Waals surface area (Å²) in [5, 5.41) is 59.4. The van der Waals surface area contributed by atoms with Gasteiger partial charge in [-0.2, -0.15) is 0 Å². The van der Waals surface area contributed by atoms with Crippen LogP contribution in [0.15, 0.2) is 45.6 Å². The van der Waals surface area contributed by atoms with Gasteiger partial charge in [0.15, 0.2) is 5.76 Å². The molecule has 0 saturated carbocycles. The largest absolute Gasteiger partial charge is 0.508 e. The molecule has 4 rings (SSSR count). The summed E-state index contributed by atoms with van der Waals surface area (Å²) < 4.78 is 16.8. The lowest BCUT2D eigenvalue weighted by Gasteiger charge is -2.38. The van der Waals surface area contributed by atoms with E-state index in [9.17, 15) is 35.4 Å². The predicted octanol–water partition coefficient (Wildman–Crippen LogP) is 0.783. The molecule has 164 valence electrons. The Labute approximate surface area is 174 Å². The Morgan fingerprint density at radius 2 is 1.58 bits per heavy atom. The van der Waals surface area contributed by atoms with E-state index in [1.54, 1.807) is 0 Å².